The van der Waals surface area contributed by atoms with E-state index < -0.39 is 5.60 Å². The average Bonchev–Trinajstić information content (AvgIpc) is 2.46. The molecule has 0 amide bonds. The predicted molar refractivity (Wildman–Crippen MR) is 74.3 cm³/mol. The van der Waals surface area contributed by atoms with Crippen molar-refractivity contribution in [2.75, 3.05) is 26.4 Å². The minimum Gasteiger partial charge on any atom is -0.479 e. The topological polar surface area (TPSA) is 74.5 Å². The van der Waals surface area contributed by atoms with Gasteiger partial charge in [0.2, 0.25) is 0 Å². The van der Waals surface area contributed by atoms with E-state index in [2.05, 4.69) is 5.32 Å². The molecule has 1 saturated heterocycles. The van der Waals surface area contributed by atoms with Gasteiger partial charge in [0.25, 0.3) is 0 Å². The number of nitrogens with one attached hydrogen (secondary N) is 1. The van der Waals surface area contributed by atoms with Crippen LogP contribution >= 0.6 is 0 Å². The molecule has 1 aliphatic heterocycles. The summed E-state index contributed by atoms with van der Waals surface area (Å²) < 4.78 is 10.5. The lowest BCUT2D eigenvalue weighted by Gasteiger charge is -2.32. The van der Waals surface area contributed by atoms with Gasteiger partial charge in [0, 0.05) is 39.1 Å². The second kappa shape index (κ2) is 7.25. The molecule has 1 aromatic carbocycles. The van der Waals surface area contributed by atoms with Crippen molar-refractivity contribution < 1.29 is 14.6 Å². The SMILES string of the molecule is N#CCOc1cccc(CNCC2(O)CCOCC2)c1. The molecule has 0 atom stereocenters. The number of aliphatic hydroxyl groups is 1. The number of hydrogen-bond donors (Lipinski definition) is 2. The molecule has 1 heterocycles. The third-order valence-electron chi connectivity index (χ3n) is 3.41. The van der Waals surface area contributed by atoms with Gasteiger partial charge < -0.3 is 19.9 Å². The molecule has 0 aromatic heterocycles. The standard InChI is InChI=1S/C15H20N2O3/c16-6-9-20-14-3-1-2-13(10-14)11-17-12-15(18)4-7-19-8-5-15/h1-3,10,17-18H,4-5,7-9,11-12H2. The van der Waals surface area contributed by atoms with Crippen molar-refractivity contribution >= 4 is 0 Å². The lowest BCUT2D eigenvalue weighted by molar-refractivity contribution is -0.0617. The molecule has 20 heavy (non-hydrogen) atoms. The summed E-state index contributed by atoms with van der Waals surface area (Å²) in [6.45, 7) is 2.51. The maximum Gasteiger partial charge on any atom is 0.174 e. The second-order valence-corrected chi connectivity index (χ2v) is 5.03. The van der Waals surface area contributed by atoms with Crippen LogP contribution in [0.15, 0.2) is 24.3 Å². The molecule has 5 nitrogen and oxygen atoms in total. The normalized spacial score (nSPS) is 17.4. The molecule has 0 unspecified atom stereocenters. The quantitative estimate of drug-likeness (QED) is 0.817. The third-order valence-corrected chi connectivity index (χ3v) is 3.41. The zero-order valence-corrected chi connectivity index (χ0v) is 11.5. The van der Waals surface area contributed by atoms with Crippen molar-refractivity contribution in [1.29, 1.82) is 5.26 Å². The Bertz CT molecular complexity index is 464. The lowest BCUT2D eigenvalue weighted by Crippen LogP contribution is -2.44. The van der Waals surface area contributed by atoms with Gasteiger partial charge in [0.05, 0.1) is 5.60 Å². The van der Waals surface area contributed by atoms with Crippen molar-refractivity contribution in [3.8, 4) is 11.8 Å². The smallest absolute Gasteiger partial charge is 0.174 e. The molecule has 0 saturated carbocycles. The zero-order chi connectivity index (χ0) is 14.3. The van der Waals surface area contributed by atoms with Crippen molar-refractivity contribution in [3.63, 3.8) is 0 Å². The lowest BCUT2D eigenvalue weighted by atomic mass is 9.94. The monoisotopic (exact) mass is 276 g/mol. The number of benzene rings is 1. The Labute approximate surface area is 119 Å². The molecule has 1 aliphatic rings. The zero-order valence-electron chi connectivity index (χ0n) is 11.5. The molecule has 0 radical (unpaired) electrons. The first-order valence-electron chi connectivity index (χ1n) is 6.81. The van der Waals surface area contributed by atoms with Crippen molar-refractivity contribution in [2.45, 2.75) is 25.0 Å². The van der Waals surface area contributed by atoms with Gasteiger partial charge in [-0.15, -0.1) is 0 Å². The fourth-order valence-corrected chi connectivity index (χ4v) is 2.23. The molecule has 0 bridgehead atoms. The van der Waals surface area contributed by atoms with E-state index in [-0.39, 0.29) is 6.61 Å². The van der Waals surface area contributed by atoms with Gasteiger partial charge in [0.15, 0.2) is 6.61 Å². The highest BCUT2D eigenvalue weighted by atomic mass is 16.5. The van der Waals surface area contributed by atoms with E-state index in [0.29, 0.717) is 44.9 Å². The van der Waals surface area contributed by atoms with Gasteiger partial charge in [-0.1, -0.05) is 12.1 Å². The van der Waals surface area contributed by atoms with Crippen molar-refractivity contribution in [3.05, 3.63) is 29.8 Å². The van der Waals surface area contributed by atoms with E-state index in [1.165, 1.54) is 0 Å². The van der Waals surface area contributed by atoms with Crippen LogP contribution in [0.5, 0.6) is 5.75 Å². The average molecular weight is 276 g/mol. The highest BCUT2D eigenvalue weighted by Crippen LogP contribution is 2.19. The van der Waals surface area contributed by atoms with Gasteiger partial charge in [-0.25, -0.2) is 0 Å². The van der Waals surface area contributed by atoms with E-state index >= 15 is 0 Å². The Hall–Kier alpha value is -1.61. The van der Waals surface area contributed by atoms with Gasteiger partial charge in [0.1, 0.15) is 11.8 Å². The molecule has 2 N–H and O–H groups in total. The van der Waals surface area contributed by atoms with E-state index in [0.717, 1.165) is 5.56 Å². The van der Waals surface area contributed by atoms with Gasteiger partial charge in [-0.3, -0.25) is 0 Å². The van der Waals surface area contributed by atoms with Crippen LogP contribution in [0.25, 0.3) is 0 Å². The van der Waals surface area contributed by atoms with Crippen LogP contribution in [0.3, 0.4) is 0 Å². The van der Waals surface area contributed by atoms with Crippen LogP contribution in [0, 0.1) is 11.3 Å². The van der Waals surface area contributed by atoms with Crippen LogP contribution in [-0.4, -0.2) is 37.1 Å². The fraction of sp³-hybridized carbons (Fsp3) is 0.533. The summed E-state index contributed by atoms with van der Waals surface area (Å²) in [6, 6.07) is 9.55. The second-order valence-electron chi connectivity index (χ2n) is 5.03. The maximum atomic E-state index is 10.3. The molecule has 5 heteroatoms. The Kier molecular flexibility index (Phi) is 5.36. The highest BCUT2D eigenvalue weighted by molar-refractivity contribution is 5.28. The molecular formula is C15H20N2O3. The predicted octanol–water partition coefficient (Wildman–Crippen LogP) is 1.22. The molecule has 0 spiro atoms. The summed E-state index contributed by atoms with van der Waals surface area (Å²) in [7, 11) is 0. The first-order chi connectivity index (χ1) is 9.72. The van der Waals surface area contributed by atoms with Gasteiger partial charge in [-0.2, -0.15) is 5.26 Å². The van der Waals surface area contributed by atoms with Crippen molar-refractivity contribution in [2.24, 2.45) is 0 Å². The van der Waals surface area contributed by atoms with Crippen LogP contribution < -0.4 is 10.1 Å². The first-order valence-corrected chi connectivity index (χ1v) is 6.81. The molecule has 108 valence electrons. The molecular weight excluding hydrogens is 256 g/mol. The van der Waals surface area contributed by atoms with Crippen molar-refractivity contribution in [1.82, 2.24) is 5.32 Å². The maximum absolute atomic E-state index is 10.3. The van der Waals surface area contributed by atoms with Gasteiger partial charge in [-0.05, 0) is 17.7 Å². The number of hydrogen-bond acceptors (Lipinski definition) is 5. The minimum atomic E-state index is -0.660. The Morgan fingerprint density at radius 2 is 2.20 bits per heavy atom. The van der Waals surface area contributed by atoms with E-state index in [4.69, 9.17) is 14.7 Å². The van der Waals surface area contributed by atoms with Crippen LogP contribution in [0.2, 0.25) is 0 Å². The summed E-state index contributed by atoms with van der Waals surface area (Å²) >= 11 is 0. The highest BCUT2D eigenvalue weighted by Gasteiger charge is 2.28. The number of nitriles is 1. The number of rotatable bonds is 6. The summed E-state index contributed by atoms with van der Waals surface area (Å²) in [4.78, 5) is 0. The van der Waals surface area contributed by atoms with E-state index in [9.17, 15) is 5.11 Å². The van der Waals surface area contributed by atoms with Crippen LogP contribution in [0.1, 0.15) is 18.4 Å². The molecule has 1 aromatic rings. The molecule has 0 aliphatic carbocycles. The summed E-state index contributed by atoms with van der Waals surface area (Å²) in [6.07, 6.45) is 1.34. The molecule has 1 fully saturated rings. The number of nitrogens with zero attached hydrogens (tertiary/aromatic N) is 1. The first kappa shape index (κ1) is 14.8. The number of ether oxygens (including phenoxy) is 2. The minimum absolute atomic E-state index is 0.0522. The Balaban J connectivity index is 1.80. The van der Waals surface area contributed by atoms with Crippen LogP contribution in [-0.2, 0) is 11.3 Å². The Morgan fingerprint density at radius 1 is 1.40 bits per heavy atom. The summed E-state index contributed by atoms with van der Waals surface area (Å²) in [5.74, 6) is 0.690. The Morgan fingerprint density at radius 3 is 2.95 bits per heavy atom. The summed E-state index contributed by atoms with van der Waals surface area (Å²) in [5.41, 5.74) is 0.406. The van der Waals surface area contributed by atoms with E-state index in [1.807, 2.05) is 30.3 Å². The molecule has 2 rings (SSSR count). The van der Waals surface area contributed by atoms with Crippen LogP contribution in [0.4, 0.5) is 0 Å². The summed E-state index contributed by atoms with van der Waals surface area (Å²) in [5, 5.41) is 22.1. The largest absolute Gasteiger partial charge is 0.479 e. The van der Waals surface area contributed by atoms with E-state index in [1.54, 1.807) is 0 Å². The fourth-order valence-electron chi connectivity index (χ4n) is 2.23. The third kappa shape index (κ3) is 4.49. The van der Waals surface area contributed by atoms with Gasteiger partial charge >= 0.3 is 0 Å².